The number of halogens is 1. The van der Waals surface area contributed by atoms with Gasteiger partial charge in [0.05, 0.1) is 13.6 Å². The topological polar surface area (TPSA) is 46.8 Å². The van der Waals surface area contributed by atoms with Crippen LogP contribution in [0, 0.1) is 0 Å². The summed E-state index contributed by atoms with van der Waals surface area (Å²) >= 11 is 5.71. The molecule has 1 heterocycles. The van der Waals surface area contributed by atoms with Gasteiger partial charge in [-0.1, -0.05) is 0 Å². The third-order valence-corrected chi connectivity index (χ3v) is 2.17. The molecular weight excluding hydrogens is 202 g/mol. The number of rotatable bonds is 5. The fourth-order valence-electron chi connectivity index (χ4n) is 1.20. The largest absolute Gasteiger partial charge is 0.292 e. The summed E-state index contributed by atoms with van der Waals surface area (Å²) in [6.07, 6.45) is 0. The molecule has 0 saturated carbocycles. The highest BCUT2D eigenvalue weighted by atomic mass is 35.5. The van der Waals surface area contributed by atoms with Crippen molar-refractivity contribution in [2.45, 2.75) is 26.4 Å². The smallest absolute Gasteiger partial charge is 0.188 e. The molecule has 6 heteroatoms. The van der Waals surface area contributed by atoms with Crippen LogP contribution in [0.5, 0.6) is 0 Å². The van der Waals surface area contributed by atoms with Gasteiger partial charge in [-0.25, -0.2) is 0 Å². The van der Waals surface area contributed by atoms with Gasteiger partial charge >= 0.3 is 0 Å². The molecule has 0 aliphatic carbocycles. The van der Waals surface area contributed by atoms with E-state index in [1.165, 1.54) is 4.80 Å². The van der Waals surface area contributed by atoms with E-state index in [0.717, 1.165) is 12.4 Å². The Balaban J connectivity index is 2.55. The molecular formula is C8H16ClN5. The van der Waals surface area contributed by atoms with Gasteiger partial charge in [-0.15, -0.1) is 21.8 Å². The predicted molar refractivity (Wildman–Crippen MR) is 55.1 cm³/mol. The summed E-state index contributed by atoms with van der Waals surface area (Å²) in [5.41, 5.74) is 0. The minimum absolute atomic E-state index is 0.442. The third-order valence-electron chi connectivity index (χ3n) is 2.00. The first-order chi connectivity index (χ1) is 6.63. The van der Waals surface area contributed by atoms with E-state index < -0.39 is 0 Å². The van der Waals surface area contributed by atoms with Gasteiger partial charge in [-0.2, -0.15) is 4.80 Å². The maximum absolute atomic E-state index is 5.71. The Morgan fingerprint density at radius 2 is 2.21 bits per heavy atom. The lowest BCUT2D eigenvalue weighted by Gasteiger charge is -2.23. The molecule has 0 saturated heterocycles. The van der Waals surface area contributed by atoms with Gasteiger partial charge in [-0.05, 0) is 19.1 Å². The normalized spacial score (nSPS) is 11.6. The molecule has 0 aromatic carbocycles. The van der Waals surface area contributed by atoms with Crippen LogP contribution in [0.3, 0.4) is 0 Å². The summed E-state index contributed by atoms with van der Waals surface area (Å²) < 4.78 is 0. The Hall–Kier alpha value is -0.680. The second kappa shape index (κ2) is 5.26. The van der Waals surface area contributed by atoms with Crippen LogP contribution in [0.25, 0.3) is 0 Å². The summed E-state index contributed by atoms with van der Waals surface area (Å²) in [7, 11) is 1.76. The van der Waals surface area contributed by atoms with Crippen molar-refractivity contribution in [2.24, 2.45) is 7.05 Å². The molecule has 5 nitrogen and oxygen atoms in total. The van der Waals surface area contributed by atoms with Gasteiger partial charge in [-0.3, -0.25) is 4.90 Å². The Bertz CT molecular complexity index is 272. The van der Waals surface area contributed by atoms with Crippen LogP contribution in [0.1, 0.15) is 19.7 Å². The van der Waals surface area contributed by atoms with E-state index >= 15 is 0 Å². The van der Waals surface area contributed by atoms with Gasteiger partial charge in [0, 0.05) is 18.5 Å². The molecule has 0 aliphatic heterocycles. The minimum Gasteiger partial charge on any atom is -0.292 e. The summed E-state index contributed by atoms with van der Waals surface area (Å²) in [6, 6.07) is 0.442. The fraction of sp³-hybridized carbons (Fsp3) is 0.875. The molecule has 0 aliphatic rings. The molecule has 0 spiro atoms. The van der Waals surface area contributed by atoms with Crippen LogP contribution in [-0.4, -0.2) is 43.6 Å². The lowest BCUT2D eigenvalue weighted by atomic mass is 10.3. The number of nitrogens with zero attached hydrogens (tertiary/aromatic N) is 5. The molecule has 80 valence electrons. The predicted octanol–water partition coefficient (Wildman–Crippen LogP) is 0.659. The van der Waals surface area contributed by atoms with Gasteiger partial charge in [0.2, 0.25) is 0 Å². The maximum atomic E-state index is 5.71. The Morgan fingerprint density at radius 3 is 2.64 bits per heavy atom. The second-order valence-electron chi connectivity index (χ2n) is 3.45. The van der Waals surface area contributed by atoms with Crippen LogP contribution in [-0.2, 0) is 13.6 Å². The van der Waals surface area contributed by atoms with E-state index in [1.807, 2.05) is 0 Å². The molecule has 1 aromatic heterocycles. The first-order valence-corrected chi connectivity index (χ1v) is 5.20. The number of alkyl halides is 1. The average Bonchev–Trinajstić information content (AvgIpc) is 2.50. The molecule has 0 radical (unpaired) electrons. The van der Waals surface area contributed by atoms with Crippen molar-refractivity contribution in [1.29, 1.82) is 0 Å². The van der Waals surface area contributed by atoms with Gasteiger partial charge in [0.15, 0.2) is 5.82 Å². The first-order valence-electron chi connectivity index (χ1n) is 4.66. The fourth-order valence-corrected chi connectivity index (χ4v) is 1.41. The highest BCUT2D eigenvalue weighted by molar-refractivity contribution is 6.18. The molecule has 1 rings (SSSR count). The summed E-state index contributed by atoms with van der Waals surface area (Å²) in [5, 5.41) is 11.8. The minimum atomic E-state index is 0.442. The molecule has 1 aromatic rings. The van der Waals surface area contributed by atoms with E-state index in [1.54, 1.807) is 7.05 Å². The molecule has 0 N–H and O–H groups in total. The molecule has 0 amide bonds. The molecule has 0 fully saturated rings. The van der Waals surface area contributed by atoms with Crippen LogP contribution >= 0.6 is 11.6 Å². The number of hydrogen-bond donors (Lipinski definition) is 0. The number of aromatic nitrogens is 4. The standard InChI is InChI=1S/C8H16ClN5/c1-7(2)14(5-4-9)6-8-10-12-13(3)11-8/h7H,4-6H2,1-3H3. The number of tetrazole rings is 1. The number of aryl methyl sites for hydroxylation is 1. The van der Waals surface area contributed by atoms with Crippen LogP contribution in [0.2, 0.25) is 0 Å². The zero-order valence-electron chi connectivity index (χ0n) is 8.81. The van der Waals surface area contributed by atoms with Crippen molar-refractivity contribution < 1.29 is 0 Å². The van der Waals surface area contributed by atoms with Crippen molar-refractivity contribution in [3.63, 3.8) is 0 Å². The van der Waals surface area contributed by atoms with E-state index in [9.17, 15) is 0 Å². The van der Waals surface area contributed by atoms with Gasteiger partial charge < -0.3 is 0 Å². The highest BCUT2D eigenvalue weighted by Crippen LogP contribution is 2.03. The van der Waals surface area contributed by atoms with Crippen LogP contribution in [0.15, 0.2) is 0 Å². The first kappa shape index (κ1) is 11.4. The van der Waals surface area contributed by atoms with Crippen molar-refractivity contribution >= 4 is 11.6 Å². The number of hydrogen-bond acceptors (Lipinski definition) is 4. The van der Waals surface area contributed by atoms with E-state index in [2.05, 4.69) is 34.2 Å². The van der Waals surface area contributed by atoms with Crippen LogP contribution in [0.4, 0.5) is 0 Å². The summed E-state index contributed by atoms with van der Waals surface area (Å²) in [5.74, 6) is 1.37. The van der Waals surface area contributed by atoms with E-state index in [4.69, 9.17) is 11.6 Å². The summed E-state index contributed by atoms with van der Waals surface area (Å²) in [4.78, 5) is 3.68. The zero-order valence-corrected chi connectivity index (χ0v) is 9.57. The van der Waals surface area contributed by atoms with E-state index in [-0.39, 0.29) is 0 Å². The quantitative estimate of drug-likeness (QED) is 0.680. The van der Waals surface area contributed by atoms with Crippen LogP contribution < -0.4 is 0 Å². The summed E-state index contributed by atoms with van der Waals surface area (Å²) in [6.45, 7) is 5.81. The monoisotopic (exact) mass is 217 g/mol. The van der Waals surface area contributed by atoms with Gasteiger partial charge in [0.25, 0.3) is 0 Å². The van der Waals surface area contributed by atoms with Crippen molar-refractivity contribution in [1.82, 2.24) is 25.1 Å². The molecule has 0 unspecified atom stereocenters. The lowest BCUT2D eigenvalue weighted by Crippen LogP contribution is -2.32. The second-order valence-corrected chi connectivity index (χ2v) is 3.83. The molecule has 0 atom stereocenters. The Morgan fingerprint density at radius 1 is 1.50 bits per heavy atom. The zero-order chi connectivity index (χ0) is 10.6. The Kier molecular flexibility index (Phi) is 4.28. The van der Waals surface area contributed by atoms with Gasteiger partial charge in [0.1, 0.15) is 0 Å². The van der Waals surface area contributed by atoms with Crippen molar-refractivity contribution in [3.05, 3.63) is 5.82 Å². The maximum Gasteiger partial charge on any atom is 0.188 e. The SMILES string of the molecule is CC(C)N(CCCl)Cc1nnn(C)n1. The Labute approximate surface area is 89.0 Å². The average molecular weight is 218 g/mol. The van der Waals surface area contributed by atoms with Crippen molar-refractivity contribution in [3.8, 4) is 0 Å². The third kappa shape index (κ3) is 3.23. The molecule has 0 bridgehead atoms. The lowest BCUT2D eigenvalue weighted by molar-refractivity contribution is 0.220. The molecule has 14 heavy (non-hydrogen) atoms. The van der Waals surface area contributed by atoms with E-state index in [0.29, 0.717) is 18.5 Å². The highest BCUT2D eigenvalue weighted by Gasteiger charge is 2.12. The van der Waals surface area contributed by atoms with Crippen molar-refractivity contribution in [2.75, 3.05) is 12.4 Å².